The summed E-state index contributed by atoms with van der Waals surface area (Å²) in [6, 6.07) is 3.82. The first kappa shape index (κ1) is 17.3. The van der Waals surface area contributed by atoms with Crippen molar-refractivity contribution in [2.75, 3.05) is 24.6 Å². The number of anilines is 1. The molecule has 2 aliphatic rings. The van der Waals surface area contributed by atoms with E-state index in [0.717, 1.165) is 37.9 Å². The Morgan fingerprint density at radius 2 is 2.15 bits per heavy atom. The highest BCUT2D eigenvalue weighted by Crippen LogP contribution is 2.40. The maximum absolute atomic E-state index is 14.8. The fourth-order valence-corrected chi connectivity index (χ4v) is 4.01. The summed E-state index contributed by atoms with van der Waals surface area (Å²) in [6.07, 6.45) is 4.58. The molecule has 0 bridgehead atoms. The first-order chi connectivity index (χ1) is 12.6. The Bertz CT molecular complexity index is 828. The van der Waals surface area contributed by atoms with Gasteiger partial charge in [0.1, 0.15) is 18.1 Å². The van der Waals surface area contributed by atoms with E-state index in [4.69, 9.17) is 4.74 Å². The van der Waals surface area contributed by atoms with E-state index in [1.807, 2.05) is 6.07 Å². The third kappa shape index (κ3) is 3.29. The molecule has 1 aliphatic heterocycles. The van der Waals surface area contributed by atoms with Gasteiger partial charge >= 0.3 is 5.97 Å². The molecule has 1 unspecified atom stereocenters. The first-order valence-electron chi connectivity index (χ1n) is 9.67. The van der Waals surface area contributed by atoms with Gasteiger partial charge in [-0.3, -0.25) is 4.79 Å². The van der Waals surface area contributed by atoms with Gasteiger partial charge in [0.15, 0.2) is 0 Å². The van der Waals surface area contributed by atoms with Crippen LogP contribution in [0.3, 0.4) is 0 Å². The van der Waals surface area contributed by atoms with Crippen LogP contribution in [0.1, 0.15) is 51.4 Å². The normalized spacial score (nSPS) is 20.6. The minimum Gasteiger partial charge on any atom is -0.466 e. The number of carbonyl (C=O) groups excluding carboxylic acids is 1. The molecule has 2 aromatic rings. The van der Waals surface area contributed by atoms with E-state index in [-0.39, 0.29) is 18.2 Å². The predicted octanol–water partition coefficient (Wildman–Crippen LogP) is 3.85. The number of hydrogen-bond donors (Lipinski definition) is 0. The number of nitrogens with zero attached hydrogens (tertiary/aromatic N) is 3. The molecule has 2 heterocycles. The first-order valence-corrected chi connectivity index (χ1v) is 9.67. The molecule has 140 valence electrons. The van der Waals surface area contributed by atoms with Gasteiger partial charge in [-0.25, -0.2) is 9.37 Å². The van der Waals surface area contributed by atoms with E-state index in [1.54, 1.807) is 6.92 Å². The lowest BCUT2D eigenvalue weighted by Crippen LogP contribution is -2.34. The molecule has 1 aliphatic carbocycles. The van der Waals surface area contributed by atoms with Crippen molar-refractivity contribution in [3.05, 3.63) is 23.8 Å². The molecule has 1 aromatic heterocycles. The van der Waals surface area contributed by atoms with Crippen molar-refractivity contribution in [2.24, 2.45) is 5.92 Å². The lowest BCUT2D eigenvalue weighted by atomic mass is 9.99. The molecule has 0 radical (unpaired) electrons. The number of ether oxygens (including phenoxy) is 1. The van der Waals surface area contributed by atoms with Gasteiger partial charge in [-0.05, 0) is 44.6 Å². The molecule has 26 heavy (non-hydrogen) atoms. The summed E-state index contributed by atoms with van der Waals surface area (Å²) in [7, 11) is 0. The number of benzene rings is 1. The second-order valence-corrected chi connectivity index (χ2v) is 7.60. The SMILES string of the molecule is CCOC(=O)Cc1nc2cc(F)c(N3CCCC(C)C3)cc2n1C1CC1. The van der Waals surface area contributed by atoms with Crippen molar-refractivity contribution in [2.45, 2.75) is 52.0 Å². The number of fused-ring (bicyclic) bond motifs is 1. The molecule has 0 spiro atoms. The van der Waals surface area contributed by atoms with E-state index in [9.17, 15) is 9.18 Å². The van der Waals surface area contributed by atoms with Crippen LogP contribution in [0.2, 0.25) is 0 Å². The number of rotatable bonds is 5. The van der Waals surface area contributed by atoms with Crippen LogP contribution in [0.15, 0.2) is 12.1 Å². The minimum absolute atomic E-state index is 0.136. The third-order valence-electron chi connectivity index (χ3n) is 5.35. The van der Waals surface area contributed by atoms with Crippen LogP contribution >= 0.6 is 0 Å². The number of imidazole rings is 1. The highest BCUT2D eigenvalue weighted by Gasteiger charge is 2.30. The summed E-state index contributed by atoms with van der Waals surface area (Å²) in [5, 5.41) is 0. The molecular formula is C20H26FN3O2. The Morgan fingerprint density at radius 3 is 2.85 bits per heavy atom. The Hall–Kier alpha value is -2.11. The number of carbonyl (C=O) groups is 1. The molecular weight excluding hydrogens is 333 g/mol. The van der Waals surface area contributed by atoms with Gasteiger partial charge in [0.2, 0.25) is 0 Å². The summed E-state index contributed by atoms with van der Waals surface area (Å²) >= 11 is 0. The molecule has 5 nitrogen and oxygen atoms in total. The molecule has 0 amide bonds. The fraction of sp³-hybridized carbons (Fsp3) is 0.600. The number of esters is 1. The van der Waals surface area contributed by atoms with Gasteiger partial charge in [0.05, 0.1) is 23.3 Å². The van der Waals surface area contributed by atoms with E-state index >= 15 is 0 Å². The number of halogens is 1. The summed E-state index contributed by atoms with van der Waals surface area (Å²) in [5.41, 5.74) is 2.22. The molecule has 0 N–H and O–H groups in total. The summed E-state index contributed by atoms with van der Waals surface area (Å²) < 4.78 is 22.0. The predicted molar refractivity (Wildman–Crippen MR) is 98.9 cm³/mol. The van der Waals surface area contributed by atoms with Crippen LogP contribution in [0, 0.1) is 11.7 Å². The number of aromatic nitrogens is 2. The standard InChI is InChI=1S/C20H26FN3O2/c1-3-26-20(25)11-19-22-16-9-15(21)17(23-8-4-5-13(2)12-23)10-18(16)24(19)14-6-7-14/h9-10,13-14H,3-8,11-12H2,1-2H3. The average molecular weight is 359 g/mol. The molecule has 1 atom stereocenters. The highest BCUT2D eigenvalue weighted by molar-refractivity contribution is 5.82. The Kier molecular flexibility index (Phi) is 4.59. The smallest absolute Gasteiger partial charge is 0.313 e. The van der Waals surface area contributed by atoms with Gasteiger partial charge in [0.25, 0.3) is 0 Å². The van der Waals surface area contributed by atoms with Gasteiger partial charge in [-0.2, -0.15) is 0 Å². The topological polar surface area (TPSA) is 47.4 Å². The van der Waals surface area contributed by atoms with Crippen LogP contribution < -0.4 is 4.90 Å². The van der Waals surface area contributed by atoms with Gasteiger partial charge in [-0.15, -0.1) is 0 Å². The lowest BCUT2D eigenvalue weighted by Gasteiger charge is -2.33. The van der Waals surface area contributed by atoms with Crippen molar-refractivity contribution < 1.29 is 13.9 Å². The molecule has 4 rings (SSSR count). The Labute approximate surface area is 153 Å². The maximum atomic E-state index is 14.8. The van der Waals surface area contributed by atoms with Crippen molar-refractivity contribution in [3.63, 3.8) is 0 Å². The second-order valence-electron chi connectivity index (χ2n) is 7.60. The number of piperidine rings is 1. The zero-order chi connectivity index (χ0) is 18.3. The van der Waals surface area contributed by atoms with Gasteiger partial charge in [-0.1, -0.05) is 6.92 Å². The molecule has 2 fully saturated rings. The molecule has 1 aromatic carbocycles. The van der Waals surface area contributed by atoms with Crippen molar-refractivity contribution in [1.82, 2.24) is 9.55 Å². The molecule has 1 saturated heterocycles. The number of hydrogen-bond acceptors (Lipinski definition) is 4. The third-order valence-corrected chi connectivity index (χ3v) is 5.35. The zero-order valence-corrected chi connectivity index (χ0v) is 15.5. The molecule has 1 saturated carbocycles. The van der Waals surface area contributed by atoms with Crippen LogP contribution in [0.4, 0.5) is 10.1 Å². The van der Waals surface area contributed by atoms with Crippen molar-refractivity contribution >= 4 is 22.7 Å². The van der Waals surface area contributed by atoms with Crippen LogP contribution in [-0.4, -0.2) is 35.2 Å². The largest absolute Gasteiger partial charge is 0.466 e. The van der Waals surface area contributed by atoms with Crippen molar-refractivity contribution in [3.8, 4) is 0 Å². The Balaban J connectivity index is 1.74. The van der Waals surface area contributed by atoms with Crippen LogP contribution in [0.5, 0.6) is 0 Å². The van der Waals surface area contributed by atoms with E-state index < -0.39 is 0 Å². The monoisotopic (exact) mass is 359 g/mol. The maximum Gasteiger partial charge on any atom is 0.313 e. The van der Waals surface area contributed by atoms with Crippen LogP contribution in [0.25, 0.3) is 11.0 Å². The van der Waals surface area contributed by atoms with E-state index in [0.29, 0.717) is 35.6 Å². The lowest BCUT2D eigenvalue weighted by molar-refractivity contribution is -0.142. The van der Waals surface area contributed by atoms with E-state index in [2.05, 4.69) is 21.4 Å². The van der Waals surface area contributed by atoms with Gasteiger partial charge in [0, 0.05) is 25.2 Å². The van der Waals surface area contributed by atoms with E-state index in [1.165, 1.54) is 12.5 Å². The van der Waals surface area contributed by atoms with Gasteiger partial charge < -0.3 is 14.2 Å². The minimum atomic E-state index is -0.282. The second kappa shape index (κ2) is 6.89. The zero-order valence-electron chi connectivity index (χ0n) is 15.5. The highest BCUT2D eigenvalue weighted by atomic mass is 19.1. The molecule has 6 heteroatoms. The summed E-state index contributed by atoms with van der Waals surface area (Å²) in [4.78, 5) is 18.7. The fourth-order valence-electron chi connectivity index (χ4n) is 4.01. The van der Waals surface area contributed by atoms with Crippen LogP contribution in [-0.2, 0) is 16.0 Å². The average Bonchev–Trinajstić information content (AvgIpc) is 3.36. The Morgan fingerprint density at radius 1 is 1.35 bits per heavy atom. The summed E-state index contributed by atoms with van der Waals surface area (Å²) in [6.45, 7) is 6.14. The van der Waals surface area contributed by atoms with Crippen molar-refractivity contribution in [1.29, 1.82) is 0 Å². The summed E-state index contributed by atoms with van der Waals surface area (Å²) in [5.74, 6) is 0.751. The quantitative estimate of drug-likeness (QED) is 0.761.